The summed E-state index contributed by atoms with van der Waals surface area (Å²) in [5, 5.41) is 4.11. The van der Waals surface area contributed by atoms with Gasteiger partial charge < -0.3 is 9.40 Å². The molecule has 0 atom stereocenters. The number of aromatic amines is 1. The first-order valence-corrected chi connectivity index (χ1v) is 6.86. The molecule has 0 saturated heterocycles. The molecule has 20 heavy (non-hydrogen) atoms. The van der Waals surface area contributed by atoms with E-state index in [2.05, 4.69) is 20.5 Å². The van der Waals surface area contributed by atoms with Crippen molar-refractivity contribution in [3.63, 3.8) is 0 Å². The van der Waals surface area contributed by atoms with Gasteiger partial charge in [-0.25, -0.2) is 10.4 Å². The summed E-state index contributed by atoms with van der Waals surface area (Å²) < 4.78 is 5.25. The molecule has 0 saturated carbocycles. The van der Waals surface area contributed by atoms with Gasteiger partial charge in [0.1, 0.15) is 17.2 Å². The molecule has 0 aromatic carbocycles. The van der Waals surface area contributed by atoms with Crippen LogP contribution in [0, 0.1) is 6.92 Å². The lowest BCUT2D eigenvalue weighted by Crippen LogP contribution is -2.22. The van der Waals surface area contributed by atoms with Crippen molar-refractivity contribution < 1.29 is 9.21 Å². The number of amides is 1. The van der Waals surface area contributed by atoms with Crippen LogP contribution in [-0.2, 0) is 0 Å². The molecule has 2 aromatic rings. The Kier molecular flexibility index (Phi) is 4.36. The number of aromatic nitrogens is 2. The van der Waals surface area contributed by atoms with E-state index in [1.54, 1.807) is 25.3 Å². The Balaban J connectivity index is 2.07. The fraction of sp³-hybridized carbons (Fsp3) is 0.167. The monoisotopic (exact) mass is 292 g/mol. The van der Waals surface area contributed by atoms with E-state index >= 15 is 0 Å². The summed E-state index contributed by atoms with van der Waals surface area (Å²) >= 11 is 1.24. The number of furan rings is 1. The molecule has 0 aliphatic rings. The normalized spacial score (nSPS) is 10.9. The van der Waals surface area contributed by atoms with Crippen molar-refractivity contribution in [3.8, 4) is 0 Å². The van der Waals surface area contributed by atoms with Gasteiger partial charge in [0.25, 0.3) is 11.5 Å². The first-order chi connectivity index (χ1) is 9.58. The molecule has 104 valence electrons. The Hall–Kier alpha value is -2.35. The average Bonchev–Trinajstić information content (AvgIpc) is 2.83. The van der Waals surface area contributed by atoms with Gasteiger partial charge in [0.15, 0.2) is 5.16 Å². The number of H-pyrrole nitrogens is 1. The van der Waals surface area contributed by atoms with Gasteiger partial charge in [-0.1, -0.05) is 11.8 Å². The molecule has 2 rings (SSSR count). The molecular weight excluding hydrogens is 280 g/mol. The van der Waals surface area contributed by atoms with E-state index in [9.17, 15) is 9.59 Å². The van der Waals surface area contributed by atoms with Crippen LogP contribution in [0.2, 0.25) is 0 Å². The summed E-state index contributed by atoms with van der Waals surface area (Å²) in [6.07, 6.45) is 3.12. The number of rotatable bonds is 4. The van der Waals surface area contributed by atoms with Gasteiger partial charge >= 0.3 is 0 Å². The van der Waals surface area contributed by atoms with Gasteiger partial charge in [0, 0.05) is 6.07 Å². The molecule has 0 fully saturated rings. The Morgan fingerprint density at radius 1 is 1.55 bits per heavy atom. The minimum Gasteiger partial charge on any atom is -0.460 e. The van der Waals surface area contributed by atoms with Crippen LogP contribution >= 0.6 is 11.8 Å². The highest BCUT2D eigenvalue weighted by Gasteiger charge is 2.09. The summed E-state index contributed by atoms with van der Waals surface area (Å²) in [6, 6.07) is 4.62. The lowest BCUT2D eigenvalue weighted by Gasteiger charge is -2.00. The van der Waals surface area contributed by atoms with Crippen molar-refractivity contribution in [1.29, 1.82) is 0 Å². The maximum Gasteiger partial charge on any atom is 0.290 e. The number of thioether (sulfide) groups is 1. The van der Waals surface area contributed by atoms with Crippen molar-refractivity contribution >= 4 is 23.9 Å². The molecule has 0 bridgehead atoms. The van der Waals surface area contributed by atoms with Crippen LogP contribution in [0.1, 0.15) is 22.0 Å². The lowest BCUT2D eigenvalue weighted by molar-refractivity contribution is 0.0949. The summed E-state index contributed by atoms with van der Waals surface area (Å²) in [6.45, 7) is 1.81. The second-order valence-corrected chi connectivity index (χ2v) is 4.58. The van der Waals surface area contributed by atoms with Crippen LogP contribution < -0.4 is 11.0 Å². The van der Waals surface area contributed by atoms with E-state index in [4.69, 9.17) is 4.42 Å². The number of hydrogen-bond acceptors (Lipinski definition) is 6. The Morgan fingerprint density at radius 2 is 2.35 bits per heavy atom. The van der Waals surface area contributed by atoms with Crippen LogP contribution in [-0.4, -0.2) is 28.3 Å². The number of carbonyl (C=O) groups is 1. The van der Waals surface area contributed by atoms with Crippen LogP contribution in [0.5, 0.6) is 0 Å². The number of hydrogen-bond donors (Lipinski definition) is 2. The minimum atomic E-state index is -0.564. The number of nitrogens with one attached hydrogen (secondary N) is 2. The first kappa shape index (κ1) is 14.1. The molecule has 0 aliphatic heterocycles. The van der Waals surface area contributed by atoms with E-state index in [1.807, 2.05) is 0 Å². The smallest absolute Gasteiger partial charge is 0.290 e. The van der Waals surface area contributed by atoms with E-state index in [1.165, 1.54) is 18.0 Å². The molecule has 1 amide bonds. The lowest BCUT2D eigenvalue weighted by atomic mass is 10.4. The molecule has 8 heteroatoms. The van der Waals surface area contributed by atoms with E-state index in [0.29, 0.717) is 10.9 Å². The minimum absolute atomic E-state index is 0.00544. The van der Waals surface area contributed by atoms with E-state index < -0.39 is 5.91 Å². The number of hydrazone groups is 1. The third-order valence-corrected chi connectivity index (χ3v) is 2.85. The topological polar surface area (TPSA) is 100 Å². The zero-order chi connectivity index (χ0) is 14.5. The van der Waals surface area contributed by atoms with Gasteiger partial charge in [0.05, 0.1) is 6.21 Å². The highest BCUT2D eigenvalue weighted by molar-refractivity contribution is 7.98. The van der Waals surface area contributed by atoms with E-state index in [0.717, 1.165) is 11.8 Å². The van der Waals surface area contributed by atoms with Crippen molar-refractivity contribution in [2.45, 2.75) is 12.1 Å². The predicted molar refractivity (Wildman–Crippen MR) is 75.1 cm³/mol. The third kappa shape index (κ3) is 3.58. The van der Waals surface area contributed by atoms with Crippen LogP contribution in [0.4, 0.5) is 0 Å². The number of nitrogens with zero attached hydrogens (tertiary/aromatic N) is 2. The van der Waals surface area contributed by atoms with Crippen LogP contribution in [0.3, 0.4) is 0 Å². The third-order valence-electron chi connectivity index (χ3n) is 2.26. The van der Waals surface area contributed by atoms with Crippen molar-refractivity contribution in [1.82, 2.24) is 15.4 Å². The molecule has 0 unspecified atom stereocenters. The largest absolute Gasteiger partial charge is 0.460 e. The quantitative estimate of drug-likeness (QED) is 0.381. The highest BCUT2D eigenvalue weighted by Crippen LogP contribution is 2.05. The number of aryl methyl sites for hydroxylation is 1. The molecule has 2 heterocycles. The second-order valence-electron chi connectivity index (χ2n) is 3.79. The second kappa shape index (κ2) is 6.20. The zero-order valence-electron chi connectivity index (χ0n) is 10.8. The number of carbonyl (C=O) groups excluding carboxylic acids is 1. The Labute approximate surface area is 118 Å². The standard InChI is InChI=1S/C12H12N4O3S/c1-7-3-4-8(19-7)6-13-16-11(18)9-5-10(17)15-12(14-9)20-2/h3-6H,1-2H3,(H,16,18)(H,14,15,17)/b13-6-. The Bertz CT molecular complexity index is 705. The summed E-state index contributed by atoms with van der Waals surface area (Å²) in [5.41, 5.74) is 1.90. The van der Waals surface area contributed by atoms with Crippen molar-refractivity contribution in [2.24, 2.45) is 5.10 Å². The predicted octanol–water partition coefficient (Wildman–Crippen LogP) is 1.16. The molecule has 0 aliphatic carbocycles. The van der Waals surface area contributed by atoms with Crippen molar-refractivity contribution in [2.75, 3.05) is 6.26 Å². The molecule has 2 N–H and O–H groups in total. The van der Waals surface area contributed by atoms with Crippen LogP contribution in [0.15, 0.2) is 37.7 Å². The molecular formula is C12H12N4O3S. The van der Waals surface area contributed by atoms with Gasteiger partial charge in [-0.3, -0.25) is 9.59 Å². The van der Waals surface area contributed by atoms with Crippen molar-refractivity contribution in [3.05, 3.63) is 45.8 Å². The fourth-order valence-corrected chi connectivity index (χ4v) is 1.78. The SMILES string of the molecule is CSc1nc(C(=O)N/N=C\c2ccc(C)o2)cc(=O)[nH]1. The summed E-state index contributed by atoms with van der Waals surface area (Å²) in [5.74, 6) is 0.705. The van der Waals surface area contributed by atoms with E-state index in [-0.39, 0.29) is 11.3 Å². The molecule has 0 spiro atoms. The zero-order valence-corrected chi connectivity index (χ0v) is 11.7. The Morgan fingerprint density at radius 3 is 3.00 bits per heavy atom. The first-order valence-electron chi connectivity index (χ1n) is 5.63. The van der Waals surface area contributed by atoms with Gasteiger partial charge in [-0.2, -0.15) is 5.10 Å². The summed E-state index contributed by atoms with van der Waals surface area (Å²) in [4.78, 5) is 29.6. The van der Waals surface area contributed by atoms with Crippen LogP contribution in [0.25, 0.3) is 0 Å². The maximum atomic E-state index is 11.8. The summed E-state index contributed by atoms with van der Waals surface area (Å²) in [7, 11) is 0. The molecule has 0 radical (unpaired) electrons. The fourth-order valence-electron chi connectivity index (χ4n) is 1.38. The highest BCUT2D eigenvalue weighted by atomic mass is 32.2. The average molecular weight is 292 g/mol. The maximum absolute atomic E-state index is 11.8. The van der Waals surface area contributed by atoms with Gasteiger partial charge in [-0.15, -0.1) is 0 Å². The van der Waals surface area contributed by atoms with Gasteiger partial charge in [-0.05, 0) is 25.3 Å². The molecule has 7 nitrogen and oxygen atoms in total. The van der Waals surface area contributed by atoms with Gasteiger partial charge in [0.2, 0.25) is 0 Å². The molecule has 2 aromatic heterocycles.